The summed E-state index contributed by atoms with van der Waals surface area (Å²) >= 11 is 0. The quantitative estimate of drug-likeness (QED) is 0.829. The number of fused-ring (bicyclic) bond motifs is 1. The summed E-state index contributed by atoms with van der Waals surface area (Å²) in [4.78, 5) is 2.46. The molecule has 2 rings (SSSR count). The monoisotopic (exact) mass is 246 g/mol. The van der Waals surface area contributed by atoms with E-state index < -0.39 is 0 Å². The van der Waals surface area contributed by atoms with Crippen molar-refractivity contribution in [2.45, 2.75) is 32.7 Å². The van der Waals surface area contributed by atoms with Gasteiger partial charge in [-0.15, -0.1) is 0 Å². The summed E-state index contributed by atoms with van der Waals surface area (Å²) in [6.07, 6.45) is 2.52. The molecule has 1 aromatic rings. The number of nitrogens with one attached hydrogen (secondary N) is 1. The summed E-state index contributed by atoms with van der Waals surface area (Å²) in [7, 11) is 2.24. The lowest BCUT2D eigenvalue weighted by Gasteiger charge is -2.21. The van der Waals surface area contributed by atoms with Gasteiger partial charge >= 0.3 is 0 Å². The van der Waals surface area contributed by atoms with E-state index >= 15 is 0 Å². The van der Waals surface area contributed by atoms with Gasteiger partial charge in [0, 0.05) is 25.7 Å². The van der Waals surface area contributed by atoms with Crippen molar-refractivity contribution in [3.05, 3.63) is 35.4 Å². The number of benzene rings is 1. The Morgan fingerprint density at radius 1 is 1.22 bits per heavy atom. The van der Waals surface area contributed by atoms with Crippen LogP contribution in [0.2, 0.25) is 0 Å². The number of likely N-dealkylation sites (N-methyl/N-ethyl adjacent to an activating group) is 1. The van der Waals surface area contributed by atoms with Gasteiger partial charge in [0.1, 0.15) is 0 Å². The molecule has 0 aliphatic heterocycles. The molecule has 0 fully saturated rings. The zero-order valence-corrected chi connectivity index (χ0v) is 11.9. The molecule has 1 aliphatic rings. The highest BCUT2D eigenvalue weighted by Gasteiger charge is 2.21. The predicted octanol–water partition coefficient (Wildman–Crippen LogP) is 2.33. The first kappa shape index (κ1) is 13.6. The van der Waals surface area contributed by atoms with Gasteiger partial charge in [0.25, 0.3) is 0 Å². The van der Waals surface area contributed by atoms with Crippen LogP contribution in [0.5, 0.6) is 0 Å². The van der Waals surface area contributed by atoms with Gasteiger partial charge in [-0.3, -0.25) is 0 Å². The maximum Gasteiger partial charge on any atom is 0.0104 e. The molecule has 100 valence electrons. The first-order chi connectivity index (χ1) is 8.65. The first-order valence-corrected chi connectivity index (χ1v) is 7.14. The average molecular weight is 246 g/mol. The fourth-order valence-corrected chi connectivity index (χ4v) is 2.86. The fourth-order valence-electron chi connectivity index (χ4n) is 2.86. The molecule has 0 bridgehead atoms. The van der Waals surface area contributed by atoms with Gasteiger partial charge in [0.2, 0.25) is 0 Å². The number of nitrogens with zero attached hydrogens (tertiary/aromatic N) is 1. The Kier molecular flexibility index (Phi) is 4.79. The van der Waals surface area contributed by atoms with Gasteiger partial charge < -0.3 is 10.2 Å². The SMILES string of the molecule is CC(C)NCCN(C)CC1Cc2ccccc2C1. The smallest absolute Gasteiger partial charge is 0.0104 e. The minimum Gasteiger partial charge on any atom is -0.313 e. The van der Waals surface area contributed by atoms with Crippen LogP contribution < -0.4 is 5.32 Å². The maximum absolute atomic E-state index is 3.48. The highest BCUT2D eigenvalue weighted by Crippen LogP contribution is 2.26. The third kappa shape index (κ3) is 3.82. The Labute approximate surface area is 111 Å². The summed E-state index contributed by atoms with van der Waals surface area (Å²) in [5.41, 5.74) is 3.13. The Balaban J connectivity index is 1.72. The molecule has 0 saturated heterocycles. The van der Waals surface area contributed by atoms with Gasteiger partial charge in [-0.1, -0.05) is 38.1 Å². The van der Waals surface area contributed by atoms with Crippen LogP contribution in [0.15, 0.2) is 24.3 Å². The molecular formula is C16H26N2. The molecule has 1 aromatic carbocycles. The summed E-state index contributed by atoms with van der Waals surface area (Å²) in [6, 6.07) is 9.49. The Bertz CT molecular complexity index is 348. The van der Waals surface area contributed by atoms with Gasteiger partial charge in [-0.25, -0.2) is 0 Å². The van der Waals surface area contributed by atoms with Gasteiger partial charge in [-0.2, -0.15) is 0 Å². The van der Waals surface area contributed by atoms with Crippen molar-refractivity contribution in [2.75, 3.05) is 26.7 Å². The molecule has 0 unspecified atom stereocenters. The molecule has 18 heavy (non-hydrogen) atoms. The number of rotatable bonds is 6. The summed E-state index contributed by atoms with van der Waals surface area (Å²) in [5.74, 6) is 0.812. The van der Waals surface area contributed by atoms with E-state index in [1.807, 2.05) is 0 Å². The molecule has 0 heterocycles. The molecule has 0 saturated carbocycles. The predicted molar refractivity (Wildman–Crippen MR) is 78.0 cm³/mol. The molecule has 0 spiro atoms. The minimum atomic E-state index is 0.592. The van der Waals surface area contributed by atoms with Gasteiger partial charge in [0.15, 0.2) is 0 Å². The largest absolute Gasteiger partial charge is 0.313 e. The topological polar surface area (TPSA) is 15.3 Å². The molecule has 1 aliphatic carbocycles. The average Bonchev–Trinajstić information content (AvgIpc) is 2.70. The van der Waals surface area contributed by atoms with Crippen LogP contribution >= 0.6 is 0 Å². The first-order valence-electron chi connectivity index (χ1n) is 7.14. The minimum absolute atomic E-state index is 0.592. The Morgan fingerprint density at radius 2 is 1.83 bits per heavy atom. The van der Waals surface area contributed by atoms with E-state index in [4.69, 9.17) is 0 Å². The van der Waals surface area contributed by atoms with Crippen molar-refractivity contribution in [1.82, 2.24) is 10.2 Å². The van der Waals surface area contributed by atoms with E-state index in [0.29, 0.717) is 6.04 Å². The van der Waals surface area contributed by atoms with Crippen molar-refractivity contribution in [3.63, 3.8) is 0 Å². The van der Waals surface area contributed by atoms with E-state index in [1.54, 1.807) is 11.1 Å². The van der Waals surface area contributed by atoms with Crippen molar-refractivity contribution in [3.8, 4) is 0 Å². The van der Waals surface area contributed by atoms with E-state index in [1.165, 1.54) is 19.4 Å². The standard InChI is InChI=1S/C16H26N2/c1-13(2)17-8-9-18(3)12-14-10-15-6-4-5-7-16(15)11-14/h4-7,13-14,17H,8-12H2,1-3H3. The zero-order chi connectivity index (χ0) is 13.0. The number of hydrogen-bond acceptors (Lipinski definition) is 2. The van der Waals surface area contributed by atoms with Crippen molar-refractivity contribution >= 4 is 0 Å². The highest BCUT2D eigenvalue weighted by molar-refractivity contribution is 5.32. The van der Waals surface area contributed by atoms with Crippen LogP contribution in [0.4, 0.5) is 0 Å². The lowest BCUT2D eigenvalue weighted by Crippen LogP contribution is -2.35. The Morgan fingerprint density at radius 3 is 2.39 bits per heavy atom. The lowest BCUT2D eigenvalue weighted by molar-refractivity contribution is 0.277. The second kappa shape index (κ2) is 6.35. The second-order valence-electron chi connectivity index (χ2n) is 5.91. The van der Waals surface area contributed by atoms with Crippen LogP contribution in [-0.2, 0) is 12.8 Å². The van der Waals surface area contributed by atoms with Gasteiger partial charge in [0.05, 0.1) is 0 Å². The molecular weight excluding hydrogens is 220 g/mol. The molecule has 2 nitrogen and oxygen atoms in total. The van der Waals surface area contributed by atoms with Crippen LogP contribution in [0.1, 0.15) is 25.0 Å². The van der Waals surface area contributed by atoms with Crippen molar-refractivity contribution in [1.29, 1.82) is 0 Å². The van der Waals surface area contributed by atoms with E-state index in [9.17, 15) is 0 Å². The molecule has 0 aromatic heterocycles. The Hall–Kier alpha value is -0.860. The molecule has 1 N–H and O–H groups in total. The van der Waals surface area contributed by atoms with Crippen LogP contribution in [-0.4, -0.2) is 37.6 Å². The summed E-state index contributed by atoms with van der Waals surface area (Å²) in [5, 5.41) is 3.48. The molecule has 0 amide bonds. The summed E-state index contributed by atoms with van der Waals surface area (Å²) < 4.78 is 0. The maximum atomic E-state index is 3.48. The lowest BCUT2D eigenvalue weighted by atomic mass is 10.1. The van der Waals surface area contributed by atoms with E-state index in [-0.39, 0.29) is 0 Å². The zero-order valence-electron chi connectivity index (χ0n) is 11.9. The third-order valence-electron chi connectivity index (χ3n) is 3.75. The van der Waals surface area contributed by atoms with E-state index in [0.717, 1.165) is 19.0 Å². The van der Waals surface area contributed by atoms with Crippen LogP contribution in [0, 0.1) is 5.92 Å². The second-order valence-corrected chi connectivity index (χ2v) is 5.91. The van der Waals surface area contributed by atoms with Gasteiger partial charge in [-0.05, 0) is 36.9 Å². The van der Waals surface area contributed by atoms with Crippen LogP contribution in [0.3, 0.4) is 0 Å². The number of hydrogen-bond donors (Lipinski definition) is 1. The molecule has 0 atom stereocenters. The normalized spacial score (nSPS) is 15.6. The summed E-state index contributed by atoms with van der Waals surface area (Å²) in [6.45, 7) is 7.86. The van der Waals surface area contributed by atoms with Crippen molar-refractivity contribution in [2.24, 2.45) is 5.92 Å². The molecule has 0 radical (unpaired) electrons. The third-order valence-corrected chi connectivity index (χ3v) is 3.75. The van der Waals surface area contributed by atoms with Crippen LogP contribution in [0.25, 0.3) is 0 Å². The van der Waals surface area contributed by atoms with Crippen molar-refractivity contribution < 1.29 is 0 Å². The fraction of sp³-hybridized carbons (Fsp3) is 0.625. The van der Waals surface area contributed by atoms with E-state index in [2.05, 4.69) is 55.4 Å². The molecule has 2 heteroatoms. The highest BCUT2D eigenvalue weighted by atomic mass is 15.1.